The maximum atomic E-state index is 9.85. The van der Waals surface area contributed by atoms with E-state index in [4.69, 9.17) is 7.16 Å². The molecule has 0 saturated carbocycles. The van der Waals surface area contributed by atoms with Crippen molar-refractivity contribution in [3.63, 3.8) is 0 Å². The summed E-state index contributed by atoms with van der Waals surface area (Å²) < 4.78 is 84.1. The number of fused-ring (bicyclic) bond motifs is 10. The van der Waals surface area contributed by atoms with Crippen molar-refractivity contribution in [2.45, 2.75) is 78.6 Å². The predicted molar refractivity (Wildman–Crippen MR) is 431 cm³/mol. The third kappa shape index (κ3) is 10.3. The Labute approximate surface area is 604 Å². The first kappa shape index (κ1) is 53.3. The highest BCUT2D eigenvalue weighted by molar-refractivity contribution is 7.00. The lowest BCUT2D eigenvalue weighted by atomic mass is 9.33. The van der Waals surface area contributed by atoms with E-state index in [0.717, 1.165) is 145 Å². The number of nitrogens with zero attached hydrogens (tertiary/aromatic N) is 3. The van der Waals surface area contributed by atoms with Gasteiger partial charge in [0, 0.05) is 72.2 Å². The molecule has 14 aromatic carbocycles. The molecular formula is C96H78BN3O. The number of benzene rings is 14. The Kier molecular flexibility index (Phi) is 12.4. The Bertz CT molecular complexity index is 6300. The number of aromatic nitrogens is 1. The Morgan fingerprint density at radius 3 is 1.39 bits per heavy atom. The second kappa shape index (κ2) is 23.5. The minimum absolute atomic E-state index is 0.00961. The third-order valence-electron chi connectivity index (χ3n) is 20.9. The lowest BCUT2D eigenvalue weighted by Crippen LogP contribution is -2.61. The summed E-state index contributed by atoms with van der Waals surface area (Å²) in [5.74, 6) is 0. The summed E-state index contributed by atoms with van der Waals surface area (Å²) in [6, 6.07) is 90.4. The van der Waals surface area contributed by atoms with Gasteiger partial charge in [-0.1, -0.05) is 305 Å². The van der Waals surface area contributed by atoms with E-state index in [1.165, 1.54) is 11.1 Å². The van der Waals surface area contributed by atoms with Crippen LogP contribution in [0.15, 0.2) is 314 Å². The Morgan fingerprint density at radius 1 is 0.317 bits per heavy atom. The van der Waals surface area contributed by atoms with Gasteiger partial charge in [-0.3, -0.25) is 0 Å². The van der Waals surface area contributed by atoms with Crippen LogP contribution in [0.1, 0.15) is 90.0 Å². The van der Waals surface area contributed by atoms with Crippen LogP contribution in [0.5, 0.6) is 0 Å². The van der Waals surface area contributed by atoms with Gasteiger partial charge >= 0.3 is 0 Å². The van der Waals surface area contributed by atoms with Crippen molar-refractivity contribution in [3.05, 3.63) is 326 Å². The van der Waals surface area contributed by atoms with Gasteiger partial charge in [-0.25, -0.2) is 0 Å². The SMILES string of the molecule is [2H]c1c([2H])c([2H])c2c(c1[2H])c1c([2H])c([2H])c([2H])c([2H])c1n2-c1ccc2c(c1)N(c1c(-c3ccccc3)cccc1-c1ccccc1)c1cc(C(C)(C)C)cc3c1B2c1cc(-c2cc(C(C)(C)C)cc(C(C)(C)C)c2)ccc1N3c1c(-c2ccccc2)cc(-c2ccccc2)cc1-c1cccc2oc3ccccc3c12. The zero-order valence-corrected chi connectivity index (χ0v) is 58.2. The summed E-state index contributed by atoms with van der Waals surface area (Å²) in [5.41, 5.74) is 25.3. The van der Waals surface area contributed by atoms with Crippen molar-refractivity contribution in [3.8, 4) is 72.4 Å². The van der Waals surface area contributed by atoms with Gasteiger partial charge in [0.05, 0.1) is 33.4 Å². The summed E-state index contributed by atoms with van der Waals surface area (Å²) in [7, 11) is 0. The van der Waals surface area contributed by atoms with Crippen LogP contribution in [0, 0.1) is 0 Å². The second-order valence-corrected chi connectivity index (χ2v) is 30.2. The van der Waals surface area contributed by atoms with E-state index in [-0.39, 0.29) is 44.7 Å². The van der Waals surface area contributed by atoms with Crippen LogP contribution in [0.4, 0.5) is 34.1 Å². The molecule has 16 aromatic rings. The molecule has 0 radical (unpaired) electrons. The predicted octanol–water partition coefficient (Wildman–Crippen LogP) is 24.7. The molecule has 486 valence electrons. The van der Waals surface area contributed by atoms with E-state index < -0.39 is 48.4 Å². The van der Waals surface area contributed by atoms with Gasteiger partial charge < -0.3 is 18.8 Å². The van der Waals surface area contributed by atoms with Gasteiger partial charge in [-0.05, 0) is 161 Å². The summed E-state index contributed by atoms with van der Waals surface area (Å²) in [4.78, 5) is 5.03. The van der Waals surface area contributed by atoms with E-state index in [0.29, 0.717) is 5.69 Å². The molecule has 101 heavy (non-hydrogen) atoms. The van der Waals surface area contributed by atoms with Crippen LogP contribution in [-0.4, -0.2) is 11.3 Å². The fourth-order valence-electron chi connectivity index (χ4n) is 15.8. The summed E-state index contributed by atoms with van der Waals surface area (Å²) in [6.45, 7) is 20.0. The van der Waals surface area contributed by atoms with Gasteiger partial charge in [0.15, 0.2) is 0 Å². The van der Waals surface area contributed by atoms with Crippen LogP contribution >= 0.6 is 0 Å². The molecule has 2 aliphatic rings. The molecule has 4 heterocycles. The second-order valence-electron chi connectivity index (χ2n) is 30.2. The molecule has 0 N–H and O–H groups in total. The van der Waals surface area contributed by atoms with Crippen molar-refractivity contribution in [2.75, 3.05) is 9.80 Å². The summed E-state index contributed by atoms with van der Waals surface area (Å²) in [6.07, 6.45) is 0. The zero-order chi connectivity index (χ0) is 75.6. The van der Waals surface area contributed by atoms with Crippen LogP contribution in [0.25, 0.3) is 116 Å². The largest absolute Gasteiger partial charge is 0.456 e. The molecule has 0 bridgehead atoms. The molecule has 18 rings (SSSR count). The minimum Gasteiger partial charge on any atom is -0.456 e. The Hall–Kier alpha value is -11.7. The number of hydrogen-bond donors (Lipinski definition) is 0. The normalized spacial score (nSPS) is 14.0. The van der Waals surface area contributed by atoms with Crippen LogP contribution in [-0.2, 0) is 16.2 Å². The quantitative estimate of drug-likeness (QED) is 0.135. The van der Waals surface area contributed by atoms with Crippen LogP contribution < -0.4 is 26.2 Å². The average molecular weight is 1310 g/mol. The monoisotopic (exact) mass is 1310 g/mol. The topological polar surface area (TPSA) is 24.6 Å². The molecule has 0 unspecified atom stereocenters. The highest BCUT2D eigenvalue weighted by Gasteiger charge is 2.46. The van der Waals surface area contributed by atoms with E-state index in [1.807, 2.05) is 24.3 Å². The Balaban J connectivity index is 1.05. The molecule has 0 aliphatic carbocycles. The minimum atomic E-state index is -0.524. The molecule has 5 heteroatoms. The molecule has 0 saturated heterocycles. The lowest BCUT2D eigenvalue weighted by Gasteiger charge is -2.46. The number of rotatable bonds is 9. The molecule has 2 aliphatic heterocycles. The smallest absolute Gasteiger partial charge is 0.252 e. The van der Waals surface area contributed by atoms with Gasteiger partial charge in [-0.2, -0.15) is 0 Å². The maximum absolute atomic E-state index is 9.85. The standard InChI is InChI=1S/C96H78BN3O/c1-94(2,3)68-52-66(53-69(57-68)95(4,5)6)65-48-51-84-81(56-65)97-80-50-49-71(98-82-44-25-22-38-74(82)75-39-23-26-45-83(75)98)60-85(80)100(92-72(62-32-16-11-17-33-62)41-28-42-73(92)63-34-18-12-19-35-63)87-59-70(96(7,8)9)58-86(91(87)97)99(84)93-78(64-36-20-13-21-37-64)54-67(61-30-14-10-15-31-61)55-79(93)76-43-29-47-89-90(76)77-40-24-27-46-88(77)101-89/h10-60H,1-9H3/i22D,23D,25D,26D,38D,39D,44D,45D. The van der Waals surface area contributed by atoms with Crippen LogP contribution in [0.3, 0.4) is 0 Å². The van der Waals surface area contributed by atoms with E-state index in [9.17, 15) is 8.22 Å². The zero-order valence-electron chi connectivity index (χ0n) is 66.2. The number of hydrogen-bond acceptors (Lipinski definition) is 3. The van der Waals surface area contributed by atoms with E-state index in [2.05, 4.69) is 309 Å². The third-order valence-corrected chi connectivity index (χ3v) is 20.9. The number of furan rings is 1. The van der Waals surface area contributed by atoms with Crippen molar-refractivity contribution in [1.29, 1.82) is 0 Å². The first-order chi connectivity index (χ1) is 52.3. The first-order valence-electron chi connectivity index (χ1n) is 39.0. The van der Waals surface area contributed by atoms with Crippen molar-refractivity contribution in [2.24, 2.45) is 0 Å². The summed E-state index contributed by atoms with van der Waals surface area (Å²) >= 11 is 0. The van der Waals surface area contributed by atoms with Crippen LogP contribution in [0.2, 0.25) is 0 Å². The number of anilines is 6. The fourth-order valence-corrected chi connectivity index (χ4v) is 15.8. The molecular weight excluding hydrogens is 1220 g/mol. The molecule has 0 fully saturated rings. The van der Waals surface area contributed by atoms with Crippen molar-refractivity contribution < 1.29 is 15.4 Å². The molecule has 0 spiro atoms. The summed E-state index contributed by atoms with van der Waals surface area (Å²) in [5, 5.41) is 2.03. The molecule has 0 atom stereocenters. The van der Waals surface area contributed by atoms with E-state index >= 15 is 0 Å². The number of para-hydroxylation sites is 4. The maximum Gasteiger partial charge on any atom is 0.252 e. The van der Waals surface area contributed by atoms with Gasteiger partial charge in [-0.15, -0.1) is 0 Å². The first-order valence-corrected chi connectivity index (χ1v) is 35.0. The molecule has 0 amide bonds. The molecule has 4 nitrogen and oxygen atoms in total. The average Bonchev–Trinajstić information content (AvgIpc) is 1.61. The van der Waals surface area contributed by atoms with Gasteiger partial charge in [0.25, 0.3) is 6.71 Å². The van der Waals surface area contributed by atoms with Crippen molar-refractivity contribution >= 4 is 101 Å². The van der Waals surface area contributed by atoms with E-state index in [1.54, 1.807) is 4.57 Å². The van der Waals surface area contributed by atoms with Gasteiger partial charge in [0.1, 0.15) is 11.2 Å². The lowest BCUT2D eigenvalue weighted by molar-refractivity contribution is 0.569. The highest BCUT2D eigenvalue weighted by Crippen LogP contribution is 2.56. The highest BCUT2D eigenvalue weighted by atomic mass is 16.3. The Morgan fingerprint density at radius 2 is 0.792 bits per heavy atom. The fraction of sp³-hybridized carbons (Fsp3) is 0.125. The van der Waals surface area contributed by atoms with Gasteiger partial charge in [0.2, 0.25) is 0 Å². The van der Waals surface area contributed by atoms with Crippen molar-refractivity contribution in [1.82, 2.24) is 4.57 Å². The molecule has 2 aromatic heterocycles.